The molecule has 166 valence electrons. The van der Waals surface area contributed by atoms with Gasteiger partial charge in [-0.3, -0.25) is 0 Å². The first-order valence-corrected chi connectivity index (χ1v) is 10.8. The van der Waals surface area contributed by atoms with Gasteiger partial charge in [0.1, 0.15) is 23.7 Å². The van der Waals surface area contributed by atoms with Crippen molar-refractivity contribution in [3.8, 4) is 17.5 Å². The summed E-state index contributed by atoms with van der Waals surface area (Å²) in [7, 11) is 3.31. The third-order valence-electron chi connectivity index (χ3n) is 5.31. The predicted octanol–water partition coefficient (Wildman–Crippen LogP) is 5.34. The van der Waals surface area contributed by atoms with Gasteiger partial charge < -0.3 is 19.2 Å². The summed E-state index contributed by atoms with van der Waals surface area (Å²) in [5.74, 6) is 2.33. The molecule has 2 aromatic heterocycles. The van der Waals surface area contributed by atoms with Gasteiger partial charge in [-0.05, 0) is 41.7 Å². The molecule has 1 N–H and O–H groups in total. The molecule has 2 heterocycles. The maximum Gasteiger partial charge on any atom is 0.236 e. The van der Waals surface area contributed by atoms with Crippen LogP contribution < -0.4 is 14.2 Å². The Kier molecular flexibility index (Phi) is 6.59. The number of rotatable bonds is 9. The molecule has 0 aliphatic heterocycles. The zero-order valence-electron chi connectivity index (χ0n) is 19.0. The lowest BCUT2D eigenvalue weighted by Gasteiger charge is -2.15. The van der Waals surface area contributed by atoms with Crippen LogP contribution in [0.1, 0.15) is 36.4 Å². The van der Waals surface area contributed by atoms with Crippen molar-refractivity contribution in [2.45, 2.75) is 33.3 Å². The quantitative estimate of drug-likeness (QED) is 0.387. The van der Waals surface area contributed by atoms with Gasteiger partial charge in [0, 0.05) is 23.5 Å². The maximum absolute atomic E-state index is 6.15. The number of hydrogen-bond donors (Lipinski definition) is 1. The zero-order chi connectivity index (χ0) is 22.5. The highest BCUT2D eigenvalue weighted by Gasteiger charge is 2.18. The van der Waals surface area contributed by atoms with Crippen molar-refractivity contribution in [3.05, 3.63) is 77.2 Å². The first-order valence-electron chi connectivity index (χ1n) is 10.8. The first-order chi connectivity index (χ1) is 15.6. The van der Waals surface area contributed by atoms with Crippen molar-refractivity contribution < 1.29 is 14.2 Å². The van der Waals surface area contributed by atoms with Crippen LogP contribution in [0.15, 0.2) is 54.7 Å². The average molecular weight is 432 g/mol. The molecule has 0 spiro atoms. The van der Waals surface area contributed by atoms with Crippen LogP contribution >= 0.6 is 0 Å². The van der Waals surface area contributed by atoms with E-state index in [0.717, 1.165) is 45.6 Å². The van der Waals surface area contributed by atoms with Crippen LogP contribution in [0.4, 0.5) is 0 Å². The van der Waals surface area contributed by atoms with E-state index in [0.29, 0.717) is 30.7 Å². The van der Waals surface area contributed by atoms with Gasteiger partial charge >= 0.3 is 0 Å². The summed E-state index contributed by atoms with van der Waals surface area (Å²) in [6.45, 7) is 4.75. The molecule has 0 atom stereocenters. The molecule has 2 aromatic carbocycles. The van der Waals surface area contributed by atoms with Crippen molar-refractivity contribution in [2.75, 3.05) is 14.2 Å². The average Bonchev–Trinajstić information content (AvgIpc) is 3.20. The summed E-state index contributed by atoms with van der Waals surface area (Å²) in [6.07, 6.45) is 3.32. The minimum Gasteiger partial charge on any atom is -0.497 e. The van der Waals surface area contributed by atoms with Crippen LogP contribution in [0.3, 0.4) is 0 Å². The van der Waals surface area contributed by atoms with Crippen molar-refractivity contribution >= 4 is 10.9 Å². The fourth-order valence-corrected chi connectivity index (χ4v) is 3.72. The Morgan fingerprint density at radius 2 is 1.69 bits per heavy atom. The maximum atomic E-state index is 6.15. The van der Waals surface area contributed by atoms with E-state index in [1.54, 1.807) is 14.2 Å². The van der Waals surface area contributed by atoms with Gasteiger partial charge in [0.2, 0.25) is 11.8 Å². The second-order valence-corrected chi connectivity index (χ2v) is 8.21. The Morgan fingerprint density at radius 1 is 0.906 bits per heavy atom. The molecule has 0 unspecified atom stereocenters. The molecule has 0 saturated heterocycles. The first kappa shape index (κ1) is 21.7. The van der Waals surface area contributed by atoms with Crippen molar-refractivity contribution in [1.29, 1.82) is 0 Å². The van der Waals surface area contributed by atoms with E-state index in [1.165, 1.54) is 0 Å². The molecule has 0 fully saturated rings. The van der Waals surface area contributed by atoms with E-state index in [-0.39, 0.29) is 0 Å². The molecular weight excluding hydrogens is 402 g/mol. The van der Waals surface area contributed by atoms with Crippen LogP contribution in [-0.2, 0) is 19.4 Å². The van der Waals surface area contributed by atoms with E-state index in [1.807, 2.05) is 54.7 Å². The molecule has 0 aliphatic carbocycles. The highest BCUT2D eigenvalue weighted by molar-refractivity contribution is 5.85. The number of nitrogens with zero attached hydrogens (tertiary/aromatic N) is 2. The lowest BCUT2D eigenvalue weighted by atomic mass is 10.1. The second kappa shape index (κ2) is 9.73. The minimum atomic E-state index is 0.417. The number of benzene rings is 2. The van der Waals surface area contributed by atoms with Crippen LogP contribution in [-0.4, -0.2) is 29.2 Å². The van der Waals surface area contributed by atoms with E-state index < -0.39 is 0 Å². The van der Waals surface area contributed by atoms with E-state index in [2.05, 4.69) is 18.8 Å². The Labute approximate surface area is 188 Å². The Morgan fingerprint density at radius 3 is 2.41 bits per heavy atom. The standard InChI is InChI=1S/C26H29N3O3/c1-17(2)12-23-26(32-16-18-8-6-5-7-9-18)29-24(25(28-23)31-4)13-19-15-27-22-11-10-20(30-3)14-21(19)22/h5-11,14-15,17,27H,12-13,16H2,1-4H3. The summed E-state index contributed by atoms with van der Waals surface area (Å²) in [5.41, 5.74) is 4.79. The van der Waals surface area contributed by atoms with Crippen LogP contribution in [0, 0.1) is 5.92 Å². The van der Waals surface area contributed by atoms with Gasteiger partial charge in [-0.25, -0.2) is 9.97 Å². The molecule has 0 saturated carbocycles. The highest BCUT2D eigenvalue weighted by atomic mass is 16.5. The topological polar surface area (TPSA) is 69.3 Å². The molecule has 32 heavy (non-hydrogen) atoms. The van der Waals surface area contributed by atoms with Crippen molar-refractivity contribution in [1.82, 2.24) is 15.0 Å². The van der Waals surface area contributed by atoms with Gasteiger partial charge in [-0.2, -0.15) is 0 Å². The largest absolute Gasteiger partial charge is 0.497 e. The second-order valence-electron chi connectivity index (χ2n) is 8.21. The molecule has 0 amide bonds. The van der Waals surface area contributed by atoms with Crippen molar-refractivity contribution in [3.63, 3.8) is 0 Å². The molecule has 4 aromatic rings. The SMILES string of the molecule is COc1ccc2[nH]cc(Cc3nc(OCc4ccccc4)c(CC(C)C)nc3OC)c2c1. The number of methoxy groups -OCH3 is 2. The lowest BCUT2D eigenvalue weighted by molar-refractivity contribution is 0.282. The van der Waals surface area contributed by atoms with Crippen LogP contribution in [0.2, 0.25) is 0 Å². The van der Waals surface area contributed by atoms with Crippen molar-refractivity contribution in [2.24, 2.45) is 5.92 Å². The van der Waals surface area contributed by atoms with Gasteiger partial charge in [0.15, 0.2) is 0 Å². The van der Waals surface area contributed by atoms with Gasteiger partial charge in [0.25, 0.3) is 0 Å². The summed E-state index contributed by atoms with van der Waals surface area (Å²) < 4.78 is 17.2. The van der Waals surface area contributed by atoms with Gasteiger partial charge in [0.05, 0.1) is 14.2 Å². The van der Waals surface area contributed by atoms with Crippen LogP contribution in [0.25, 0.3) is 10.9 Å². The third kappa shape index (κ3) is 4.85. The molecule has 0 radical (unpaired) electrons. The number of fused-ring (bicyclic) bond motifs is 1. The minimum absolute atomic E-state index is 0.417. The van der Waals surface area contributed by atoms with Crippen LogP contribution in [0.5, 0.6) is 17.5 Å². The highest BCUT2D eigenvalue weighted by Crippen LogP contribution is 2.30. The number of H-pyrrole nitrogens is 1. The van der Waals surface area contributed by atoms with Gasteiger partial charge in [-0.1, -0.05) is 44.2 Å². The summed E-state index contributed by atoms with van der Waals surface area (Å²) in [6, 6.07) is 16.1. The van der Waals surface area contributed by atoms with E-state index in [9.17, 15) is 0 Å². The number of hydrogen-bond acceptors (Lipinski definition) is 5. The molecular formula is C26H29N3O3. The Bertz CT molecular complexity index is 1190. The molecule has 6 nitrogen and oxygen atoms in total. The third-order valence-corrected chi connectivity index (χ3v) is 5.31. The lowest BCUT2D eigenvalue weighted by Crippen LogP contribution is -2.10. The smallest absolute Gasteiger partial charge is 0.236 e. The van der Waals surface area contributed by atoms with Gasteiger partial charge in [-0.15, -0.1) is 0 Å². The zero-order valence-corrected chi connectivity index (χ0v) is 19.0. The summed E-state index contributed by atoms with van der Waals surface area (Å²) in [5, 5.41) is 1.09. The number of aromatic amines is 1. The number of aromatic nitrogens is 3. The van der Waals surface area contributed by atoms with E-state index >= 15 is 0 Å². The summed E-state index contributed by atoms with van der Waals surface area (Å²) >= 11 is 0. The molecule has 0 bridgehead atoms. The molecule has 0 aliphatic rings. The molecule has 4 rings (SSSR count). The fraction of sp³-hybridized carbons (Fsp3) is 0.308. The normalized spacial score (nSPS) is 11.2. The monoisotopic (exact) mass is 431 g/mol. The molecule has 6 heteroatoms. The number of nitrogens with one attached hydrogen (secondary N) is 1. The number of ether oxygens (including phenoxy) is 3. The Hall–Kier alpha value is -3.54. The van der Waals surface area contributed by atoms with E-state index in [4.69, 9.17) is 24.2 Å². The summed E-state index contributed by atoms with van der Waals surface area (Å²) in [4.78, 5) is 13.0. The predicted molar refractivity (Wildman–Crippen MR) is 126 cm³/mol. The fourth-order valence-electron chi connectivity index (χ4n) is 3.72. The Balaban J connectivity index is 1.69.